The number of aliphatic carboxylic acids is 1. The molecule has 3 aromatic rings. The number of piperazine rings is 1. The number of rotatable bonds is 6. The number of nitrogens with one attached hydrogen (secondary N) is 2. The third-order valence-corrected chi connectivity index (χ3v) is 6.63. The Labute approximate surface area is 194 Å². The van der Waals surface area contributed by atoms with Gasteiger partial charge in [0.25, 0.3) is 0 Å². The molecule has 4 rings (SSSR count). The van der Waals surface area contributed by atoms with E-state index >= 15 is 0 Å². The molecule has 0 aliphatic carbocycles. The van der Waals surface area contributed by atoms with E-state index in [1.807, 2.05) is 36.9 Å². The molecular weight excluding hydrogens is 416 g/mol. The van der Waals surface area contributed by atoms with Crippen molar-refractivity contribution in [1.82, 2.24) is 9.88 Å². The molecule has 2 heterocycles. The molecule has 1 amide bonds. The molecule has 1 saturated heterocycles. The largest absolute Gasteiger partial charge is 0.480 e. The van der Waals surface area contributed by atoms with Gasteiger partial charge in [-0.05, 0) is 49.2 Å². The minimum Gasteiger partial charge on any atom is -0.480 e. The summed E-state index contributed by atoms with van der Waals surface area (Å²) in [7, 11) is 0. The van der Waals surface area contributed by atoms with E-state index in [1.165, 1.54) is 16.8 Å². The summed E-state index contributed by atoms with van der Waals surface area (Å²) in [6, 6.07) is 11.2. The average Bonchev–Trinajstić information content (AvgIpc) is 3.19. The first kappa shape index (κ1) is 22.9. The zero-order chi connectivity index (χ0) is 23.7. The molecule has 1 fully saturated rings. The topological polar surface area (TPSA) is 88.7 Å². The van der Waals surface area contributed by atoms with Gasteiger partial charge in [-0.1, -0.05) is 26.0 Å². The van der Waals surface area contributed by atoms with Crippen LogP contribution < -0.4 is 10.2 Å². The van der Waals surface area contributed by atoms with Crippen LogP contribution in [0.25, 0.3) is 10.9 Å². The minimum absolute atomic E-state index is 0.0659. The van der Waals surface area contributed by atoms with Crippen molar-refractivity contribution in [2.45, 2.75) is 33.7 Å². The first-order valence-electron chi connectivity index (χ1n) is 11.5. The Morgan fingerprint density at radius 3 is 2.45 bits per heavy atom. The number of nitrogens with zero attached hydrogens (tertiary/aromatic N) is 2. The molecule has 1 aliphatic heterocycles. The fourth-order valence-electron chi connectivity index (χ4n) is 4.52. The molecule has 1 aromatic heterocycles. The average molecular weight is 449 g/mol. The normalized spacial score (nSPS) is 15.7. The number of anilines is 2. The standard InChI is InChI=1S/C26H32N4O3/c1-16(2)25(31)28-19-8-9-22-20(14-19)21(15-27-22)24(26(32)33)30-12-10-29(11-13-30)23-7-5-6-17(3)18(23)4/h5-9,14-16,24,27H,10-13H2,1-4H3,(H,28,31)(H,32,33). The number of amides is 1. The maximum Gasteiger partial charge on any atom is 0.325 e. The Hall–Kier alpha value is -3.32. The van der Waals surface area contributed by atoms with Gasteiger partial charge >= 0.3 is 5.97 Å². The summed E-state index contributed by atoms with van der Waals surface area (Å²) in [6.07, 6.45) is 1.79. The highest BCUT2D eigenvalue weighted by Crippen LogP contribution is 2.32. The maximum atomic E-state index is 12.4. The molecule has 3 N–H and O–H groups in total. The van der Waals surface area contributed by atoms with Crippen molar-refractivity contribution in [2.75, 3.05) is 36.4 Å². The third kappa shape index (κ3) is 4.59. The number of hydrogen-bond donors (Lipinski definition) is 3. The second-order valence-corrected chi connectivity index (χ2v) is 9.13. The summed E-state index contributed by atoms with van der Waals surface area (Å²) in [5.74, 6) is -1.07. The van der Waals surface area contributed by atoms with E-state index in [0.717, 1.165) is 29.6 Å². The lowest BCUT2D eigenvalue weighted by Gasteiger charge is -2.39. The van der Waals surface area contributed by atoms with Crippen LogP contribution in [0, 0.1) is 19.8 Å². The third-order valence-electron chi connectivity index (χ3n) is 6.63. The lowest BCUT2D eigenvalue weighted by molar-refractivity contribution is -0.143. The van der Waals surface area contributed by atoms with Gasteiger partial charge in [0.15, 0.2) is 0 Å². The number of hydrogen-bond acceptors (Lipinski definition) is 4. The number of aryl methyl sites for hydroxylation is 1. The highest BCUT2D eigenvalue weighted by atomic mass is 16.4. The van der Waals surface area contributed by atoms with Gasteiger partial charge in [-0.25, -0.2) is 0 Å². The Bertz CT molecular complexity index is 1180. The van der Waals surface area contributed by atoms with Gasteiger partial charge in [0.2, 0.25) is 5.91 Å². The number of aromatic amines is 1. The highest BCUT2D eigenvalue weighted by molar-refractivity contribution is 5.96. The Morgan fingerprint density at radius 1 is 1.06 bits per heavy atom. The van der Waals surface area contributed by atoms with Crippen molar-refractivity contribution in [2.24, 2.45) is 5.92 Å². The van der Waals surface area contributed by atoms with Gasteiger partial charge in [-0.15, -0.1) is 0 Å². The van der Waals surface area contributed by atoms with E-state index in [4.69, 9.17) is 0 Å². The van der Waals surface area contributed by atoms with Crippen LogP contribution in [0.1, 0.15) is 36.6 Å². The molecule has 2 aromatic carbocycles. The molecule has 0 radical (unpaired) electrons. The fraction of sp³-hybridized carbons (Fsp3) is 0.385. The number of fused-ring (bicyclic) bond motifs is 1. The number of carbonyl (C=O) groups is 2. The Kier molecular flexibility index (Phi) is 6.42. The number of carboxylic acids is 1. The molecule has 1 atom stereocenters. The second kappa shape index (κ2) is 9.27. The van der Waals surface area contributed by atoms with Crippen molar-refractivity contribution < 1.29 is 14.7 Å². The van der Waals surface area contributed by atoms with Crippen molar-refractivity contribution in [3.63, 3.8) is 0 Å². The summed E-state index contributed by atoms with van der Waals surface area (Å²) in [6.45, 7) is 10.8. The SMILES string of the molecule is Cc1cccc(N2CCN(C(C(=O)O)c3c[nH]c4ccc(NC(=O)C(C)C)cc34)CC2)c1C. The molecule has 1 aliphatic rings. The van der Waals surface area contributed by atoms with Crippen LogP contribution in [-0.2, 0) is 9.59 Å². The van der Waals surface area contributed by atoms with Crippen LogP contribution in [0.5, 0.6) is 0 Å². The summed E-state index contributed by atoms with van der Waals surface area (Å²) in [5, 5.41) is 13.9. The Balaban J connectivity index is 1.57. The van der Waals surface area contributed by atoms with Gasteiger partial charge in [0, 0.05) is 66.1 Å². The molecular formula is C26H32N4O3. The van der Waals surface area contributed by atoms with Crippen LogP contribution in [0.15, 0.2) is 42.6 Å². The van der Waals surface area contributed by atoms with E-state index in [0.29, 0.717) is 18.8 Å². The van der Waals surface area contributed by atoms with Crippen LogP contribution in [0.4, 0.5) is 11.4 Å². The smallest absolute Gasteiger partial charge is 0.325 e. The fourth-order valence-corrected chi connectivity index (χ4v) is 4.52. The van der Waals surface area contributed by atoms with Crippen molar-refractivity contribution >= 4 is 34.2 Å². The first-order chi connectivity index (χ1) is 15.8. The summed E-state index contributed by atoms with van der Waals surface area (Å²) >= 11 is 0. The lowest BCUT2D eigenvalue weighted by atomic mass is 10.0. The van der Waals surface area contributed by atoms with Gasteiger partial charge in [-0.2, -0.15) is 0 Å². The van der Waals surface area contributed by atoms with Crippen molar-refractivity contribution in [1.29, 1.82) is 0 Å². The van der Waals surface area contributed by atoms with E-state index in [1.54, 1.807) is 6.20 Å². The second-order valence-electron chi connectivity index (χ2n) is 9.13. The van der Waals surface area contributed by atoms with Gasteiger partial charge < -0.3 is 20.3 Å². The maximum absolute atomic E-state index is 12.4. The first-order valence-corrected chi connectivity index (χ1v) is 11.5. The van der Waals surface area contributed by atoms with Crippen LogP contribution in [0.2, 0.25) is 0 Å². The van der Waals surface area contributed by atoms with Crippen LogP contribution in [-0.4, -0.2) is 53.0 Å². The number of carbonyl (C=O) groups excluding carboxylic acids is 1. The highest BCUT2D eigenvalue weighted by Gasteiger charge is 2.32. The van der Waals surface area contributed by atoms with Crippen molar-refractivity contribution in [3.8, 4) is 0 Å². The summed E-state index contributed by atoms with van der Waals surface area (Å²) in [5.41, 5.74) is 6.00. The molecule has 0 saturated carbocycles. The number of benzene rings is 2. The number of carboxylic acid groups (broad SMARTS) is 1. The molecule has 7 heteroatoms. The van der Waals surface area contributed by atoms with E-state index in [9.17, 15) is 14.7 Å². The van der Waals surface area contributed by atoms with Crippen LogP contribution >= 0.6 is 0 Å². The zero-order valence-electron chi connectivity index (χ0n) is 19.7. The lowest BCUT2D eigenvalue weighted by Crippen LogP contribution is -2.49. The summed E-state index contributed by atoms with van der Waals surface area (Å²) in [4.78, 5) is 32.1. The zero-order valence-corrected chi connectivity index (χ0v) is 19.7. The molecule has 33 heavy (non-hydrogen) atoms. The predicted molar refractivity (Wildman–Crippen MR) is 132 cm³/mol. The molecule has 0 spiro atoms. The van der Waals surface area contributed by atoms with Gasteiger partial charge in [0.05, 0.1) is 0 Å². The molecule has 174 valence electrons. The van der Waals surface area contributed by atoms with Crippen molar-refractivity contribution in [3.05, 3.63) is 59.3 Å². The number of aromatic nitrogens is 1. The van der Waals surface area contributed by atoms with E-state index in [2.05, 4.69) is 47.2 Å². The van der Waals surface area contributed by atoms with Crippen LogP contribution in [0.3, 0.4) is 0 Å². The van der Waals surface area contributed by atoms with E-state index in [-0.39, 0.29) is 11.8 Å². The monoisotopic (exact) mass is 448 g/mol. The predicted octanol–water partition coefficient (Wildman–Crippen LogP) is 4.33. The van der Waals surface area contributed by atoms with E-state index < -0.39 is 12.0 Å². The Morgan fingerprint density at radius 2 is 1.79 bits per heavy atom. The number of H-pyrrole nitrogens is 1. The van der Waals surface area contributed by atoms with Gasteiger partial charge in [-0.3, -0.25) is 14.5 Å². The molecule has 0 bridgehead atoms. The summed E-state index contributed by atoms with van der Waals surface area (Å²) < 4.78 is 0. The quantitative estimate of drug-likeness (QED) is 0.522. The molecule has 1 unspecified atom stereocenters. The molecule has 7 nitrogen and oxygen atoms in total. The minimum atomic E-state index is -0.868. The van der Waals surface area contributed by atoms with Gasteiger partial charge in [0.1, 0.15) is 6.04 Å².